The summed E-state index contributed by atoms with van der Waals surface area (Å²) in [4.78, 5) is 34.3. The Morgan fingerprint density at radius 3 is 2.19 bits per heavy atom. The number of hydrogen-bond acceptors (Lipinski definition) is 6. The van der Waals surface area contributed by atoms with Crippen molar-refractivity contribution in [2.24, 2.45) is 11.5 Å². The summed E-state index contributed by atoms with van der Waals surface area (Å²) in [5, 5.41) is 23.1. The summed E-state index contributed by atoms with van der Waals surface area (Å²) in [6.45, 7) is 1.41. The number of rotatable bonds is 10. The van der Waals surface area contributed by atoms with Gasteiger partial charge in [-0.1, -0.05) is 0 Å². The van der Waals surface area contributed by atoms with Gasteiger partial charge in [0.25, 0.3) is 0 Å². The molecule has 0 heterocycles. The topological polar surface area (TPSA) is 168 Å². The van der Waals surface area contributed by atoms with E-state index in [1.165, 1.54) is 6.92 Å². The largest absolute Gasteiger partial charge is 0.480 e. The minimum Gasteiger partial charge on any atom is -0.480 e. The molecular formula is C12H24N4O5. The molecule has 122 valence electrons. The SMILES string of the molecule is C[C@@H](O)[C@H](NC(=O)CN)C(=O)N[C@@H](CCCCN)C(=O)O. The highest BCUT2D eigenvalue weighted by Crippen LogP contribution is 2.02. The van der Waals surface area contributed by atoms with Crippen LogP contribution in [-0.4, -0.2) is 59.3 Å². The fraction of sp³-hybridized carbons (Fsp3) is 0.750. The number of unbranched alkanes of at least 4 members (excludes halogenated alkanes) is 1. The van der Waals surface area contributed by atoms with Crippen LogP contribution in [0, 0.1) is 0 Å². The maximum absolute atomic E-state index is 12.0. The first-order chi connectivity index (χ1) is 9.83. The Morgan fingerprint density at radius 1 is 1.14 bits per heavy atom. The van der Waals surface area contributed by atoms with Gasteiger partial charge in [0.1, 0.15) is 12.1 Å². The second-order valence-corrected chi connectivity index (χ2v) is 4.67. The highest BCUT2D eigenvalue weighted by molar-refractivity contribution is 5.91. The van der Waals surface area contributed by atoms with Crippen LogP contribution in [-0.2, 0) is 14.4 Å². The second-order valence-electron chi connectivity index (χ2n) is 4.67. The van der Waals surface area contributed by atoms with E-state index in [2.05, 4.69) is 10.6 Å². The number of carbonyl (C=O) groups excluding carboxylic acids is 2. The smallest absolute Gasteiger partial charge is 0.326 e. The average molecular weight is 304 g/mol. The van der Waals surface area contributed by atoms with Gasteiger partial charge in [-0.3, -0.25) is 9.59 Å². The summed E-state index contributed by atoms with van der Waals surface area (Å²) in [7, 11) is 0. The monoisotopic (exact) mass is 304 g/mol. The molecule has 0 aromatic rings. The maximum atomic E-state index is 12.0. The minimum absolute atomic E-state index is 0.218. The van der Waals surface area contributed by atoms with Gasteiger partial charge in [-0.05, 0) is 32.7 Å². The summed E-state index contributed by atoms with van der Waals surface area (Å²) < 4.78 is 0. The highest BCUT2D eigenvalue weighted by atomic mass is 16.4. The van der Waals surface area contributed by atoms with Gasteiger partial charge in [-0.2, -0.15) is 0 Å². The third kappa shape index (κ3) is 7.59. The lowest BCUT2D eigenvalue weighted by Crippen LogP contribution is -2.56. The number of aliphatic hydroxyl groups excluding tert-OH is 1. The first-order valence-corrected chi connectivity index (χ1v) is 6.74. The van der Waals surface area contributed by atoms with E-state index in [9.17, 15) is 19.5 Å². The standard InChI is InChI=1S/C12H24N4O5/c1-7(17)10(16-9(18)6-14)11(19)15-8(12(20)21)4-2-3-5-13/h7-8,10,17H,2-6,13-14H2,1H3,(H,15,19)(H,16,18)(H,20,21)/t7-,8+,10+/m1/s1. The van der Waals surface area contributed by atoms with E-state index in [4.69, 9.17) is 16.6 Å². The van der Waals surface area contributed by atoms with E-state index in [-0.39, 0.29) is 13.0 Å². The van der Waals surface area contributed by atoms with Crippen LogP contribution < -0.4 is 22.1 Å². The van der Waals surface area contributed by atoms with E-state index >= 15 is 0 Å². The Balaban J connectivity index is 4.67. The van der Waals surface area contributed by atoms with Crippen LogP contribution >= 0.6 is 0 Å². The van der Waals surface area contributed by atoms with Crippen molar-refractivity contribution < 1.29 is 24.6 Å². The van der Waals surface area contributed by atoms with Crippen molar-refractivity contribution >= 4 is 17.8 Å². The summed E-state index contributed by atoms with van der Waals surface area (Å²) in [5.74, 6) is -2.58. The van der Waals surface area contributed by atoms with Gasteiger partial charge >= 0.3 is 5.97 Å². The van der Waals surface area contributed by atoms with Crippen molar-refractivity contribution in [1.29, 1.82) is 0 Å². The molecule has 0 bridgehead atoms. The normalized spacial score (nSPS) is 14.9. The van der Waals surface area contributed by atoms with Gasteiger partial charge in [0.2, 0.25) is 11.8 Å². The summed E-state index contributed by atoms with van der Waals surface area (Å²) in [6.07, 6.45) is 0.223. The molecular weight excluding hydrogens is 280 g/mol. The van der Waals surface area contributed by atoms with E-state index in [0.29, 0.717) is 19.4 Å². The van der Waals surface area contributed by atoms with E-state index in [1.807, 2.05) is 0 Å². The number of aliphatic carboxylic acids is 1. The van der Waals surface area contributed by atoms with Gasteiger partial charge in [-0.25, -0.2) is 4.79 Å². The number of nitrogens with one attached hydrogen (secondary N) is 2. The summed E-state index contributed by atoms with van der Waals surface area (Å²) in [6, 6.07) is -2.35. The van der Waals surface area contributed by atoms with Crippen molar-refractivity contribution in [2.75, 3.05) is 13.1 Å². The Hall–Kier alpha value is -1.71. The number of aliphatic hydroxyl groups is 1. The first kappa shape index (κ1) is 19.3. The van der Waals surface area contributed by atoms with Crippen molar-refractivity contribution in [3.8, 4) is 0 Å². The predicted octanol–water partition coefficient (Wildman–Crippen LogP) is -2.49. The van der Waals surface area contributed by atoms with Crippen LogP contribution in [0.4, 0.5) is 0 Å². The van der Waals surface area contributed by atoms with Crippen LogP contribution in [0.15, 0.2) is 0 Å². The molecule has 9 heteroatoms. The highest BCUT2D eigenvalue weighted by Gasteiger charge is 2.29. The number of carboxylic acid groups (broad SMARTS) is 1. The number of nitrogens with two attached hydrogens (primary N) is 2. The molecule has 0 rings (SSSR count). The molecule has 0 aromatic heterocycles. The molecule has 0 saturated carbocycles. The fourth-order valence-corrected chi connectivity index (χ4v) is 1.65. The average Bonchev–Trinajstić information content (AvgIpc) is 2.42. The molecule has 0 aliphatic rings. The van der Waals surface area contributed by atoms with Gasteiger partial charge in [0.05, 0.1) is 12.6 Å². The summed E-state index contributed by atoms with van der Waals surface area (Å²) >= 11 is 0. The first-order valence-electron chi connectivity index (χ1n) is 6.74. The lowest BCUT2D eigenvalue weighted by molar-refractivity contribution is -0.143. The zero-order valence-corrected chi connectivity index (χ0v) is 12.0. The zero-order chi connectivity index (χ0) is 16.4. The molecule has 0 unspecified atom stereocenters. The fourth-order valence-electron chi connectivity index (χ4n) is 1.65. The lowest BCUT2D eigenvalue weighted by atomic mass is 10.1. The Morgan fingerprint density at radius 2 is 1.76 bits per heavy atom. The molecule has 0 aromatic carbocycles. The number of amides is 2. The van der Waals surface area contributed by atoms with Crippen molar-refractivity contribution in [3.63, 3.8) is 0 Å². The Bertz CT molecular complexity index is 362. The molecule has 9 nitrogen and oxygen atoms in total. The minimum atomic E-state index is -1.25. The van der Waals surface area contributed by atoms with Crippen LogP contribution in [0.25, 0.3) is 0 Å². The van der Waals surface area contributed by atoms with E-state index < -0.39 is 36.0 Å². The second kappa shape index (κ2) is 10.1. The molecule has 8 N–H and O–H groups in total. The van der Waals surface area contributed by atoms with Crippen molar-refractivity contribution in [2.45, 2.75) is 44.4 Å². The lowest BCUT2D eigenvalue weighted by Gasteiger charge is -2.23. The third-order valence-electron chi connectivity index (χ3n) is 2.83. The quantitative estimate of drug-likeness (QED) is 0.243. The van der Waals surface area contributed by atoms with Crippen LogP contribution in [0.2, 0.25) is 0 Å². The zero-order valence-electron chi connectivity index (χ0n) is 12.0. The van der Waals surface area contributed by atoms with Crippen molar-refractivity contribution in [3.05, 3.63) is 0 Å². The molecule has 21 heavy (non-hydrogen) atoms. The predicted molar refractivity (Wildman–Crippen MR) is 75.1 cm³/mol. The molecule has 0 saturated heterocycles. The number of carboxylic acids is 1. The van der Waals surface area contributed by atoms with Gasteiger partial charge in [-0.15, -0.1) is 0 Å². The molecule has 0 fully saturated rings. The molecule has 0 spiro atoms. The number of hydrogen-bond donors (Lipinski definition) is 6. The van der Waals surface area contributed by atoms with Gasteiger partial charge < -0.3 is 32.3 Å². The molecule has 2 amide bonds. The van der Waals surface area contributed by atoms with Crippen LogP contribution in [0.1, 0.15) is 26.2 Å². The van der Waals surface area contributed by atoms with E-state index in [1.54, 1.807) is 0 Å². The molecule has 0 radical (unpaired) electrons. The van der Waals surface area contributed by atoms with Gasteiger partial charge in [0, 0.05) is 0 Å². The Kier molecular flexibility index (Phi) is 9.26. The third-order valence-corrected chi connectivity index (χ3v) is 2.83. The maximum Gasteiger partial charge on any atom is 0.326 e. The molecule has 0 aliphatic carbocycles. The van der Waals surface area contributed by atoms with Gasteiger partial charge in [0.15, 0.2) is 0 Å². The van der Waals surface area contributed by atoms with E-state index in [0.717, 1.165) is 0 Å². The number of carbonyl (C=O) groups is 3. The Labute approximate surface area is 123 Å². The molecule has 0 aliphatic heterocycles. The van der Waals surface area contributed by atoms with Crippen LogP contribution in [0.3, 0.4) is 0 Å². The summed E-state index contributed by atoms with van der Waals surface area (Å²) in [5.41, 5.74) is 10.4. The van der Waals surface area contributed by atoms with Crippen LogP contribution in [0.5, 0.6) is 0 Å². The molecule has 3 atom stereocenters. The van der Waals surface area contributed by atoms with Crippen molar-refractivity contribution in [1.82, 2.24) is 10.6 Å².